The van der Waals surface area contributed by atoms with Crippen LogP contribution in [0.4, 0.5) is 0 Å². The summed E-state index contributed by atoms with van der Waals surface area (Å²) in [5.74, 6) is -0.631. The number of carbonyl (C=O) groups excluding carboxylic acids is 2. The van der Waals surface area contributed by atoms with Crippen LogP contribution in [0, 0.1) is 5.41 Å². The lowest BCUT2D eigenvalue weighted by Gasteiger charge is -2.27. The zero-order chi connectivity index (χ0) is 13.5. The summed E-state index contributed by atoms with van der Waals surface area (Å²) in [5, 5.41) is 21.1. The quantitative estimate of drug-likeness (QED) is 0.428. The minimum absolute atomic E-state index is 0.0197. The van der Waals surface area contributed by atoms with E-state index in [1.54, 1.807) is 13.8 Å². The summed E-state index contributed by atoms with van der Waals surface area (Å²) in [6.07, 6.45) is -0.469. The topological polar surface area (TPSA) is 86.6 Å². The van der Waals surface area contributed by atoms with E-state index in [-0.39, 0.29) is 18.3 Å². The number of nitrogens with one attached hydrogen (secondary N) is 1. The number of hydrogen-bond donors (Lipinski definition) is 3. The number of aliphatic hydroxyl groups excluding tert-OH is 2. The number of alkyl halides is 1. The first-order valence-electron chi connectivity index (χ1n) is 5.49. The Morgan fingerprint density at radius 3 is 2.47 bits per heavy atom. The van der Waals surface area contributed by atoms with Crippen molar-refractivity contribution in [3.8, 4) is 0 Å². The number of rotatable bonds is 8. The highest BCUT2D eigenvalue weighted by Gasteiger charge is 2.32. The Morgan fingerprint density at radius 1 is 1.41 bits per heavy atom. The second kappa shape index (κ2) is 7.63. The Hall–Kier alpha value is -0.650. The fourth-order valence-electron chi connectivity index (χ4n) is 1.10. The van der Waals surface area contributed by atoms with Crippen LogP contribution < -0.4 is 5.32 Å². The SMILES string of the molecule is CC(C)(CO)[C@@H](O)C(=O)NCCCC(=O)CCl. The summed E-state index contributed by atoms with van der Waals surface area (Å²) < 4.78 is 0. The van der Waals surface area contributed by atoms with E-state index in [0.29, 0.717) is 19.4 Å². The van der Waals surface area contributed by atoms with Gasteiger partial charge in [-0.3, -0.25) is 9.59 Å². The molecule has 0 bridgehead atoms. The number of hydrogen-bond acceptors (Lipinski definition) is 4. The molecule has 6 heteroatoms. The molecule has 17 heavy (non-hydrogen) atoms. The molecule has 0 spiro atoms. The van der Waals surface area contributed by atoms with Crippen LogP contribution in [-0.2, 0) is 9.59 Å². The normalized spacial score (nSPS) is 13.2. The lowest BCUT2D eigenvalue weighted by Crippen LogP contribution is -2.45. The van der Waals surface area contributed by atoms with E-state index >= 15 is 0 Å². The van der Waals surface area contributed by atoms with Crippen LogP contribution >= 0.6 is 11.6 Å². The zero-order valence-electron chi connectivity index (χ0n) is 10.2. The minimum Gasteiger partial charge on any atom is -0.396 e. The fourth-order valence-corrected chi connectivity index (χ4v) is 1.24. The monoisotopic (exact) mass is 265 g/mol. The van der Waals surface area contributed by atoms with Crippen LogP contribution in [-0.4, -0.2) is 47.0 Å². The highest BCUT2D eigenvalue weighted by molar-refractivity contribution is 6.27. The molecule has 0 unspecified atom stereocenters. The predicted molar refractivity (Wildman–Crippen MR) is 64.8 cm³/mol. The van der Waals surface area contributed by atoms with E-state index in [9.17, 15) is 14.7 Å². The lowest BCUT2D eigenvalue weighted by molar-refractivity contribution is -0.137. The standard InChI is InChI=1S/C11H20ClNO4/c1-11(2,7-14)9(16)10(17)13-5-3-4-8(15)6-12/h9,14,16H,3-7H2,1-2H3,(H,13,17)/t9-/m0/s1. The van der Waals surface area contributed by atoms with E-state index in [0.717, 1.165) is 0 Å². The first-order chi connectivity index (χ1) is 7.85. The maximum atomic E-state index is 11.5. The van der Waals surface area contributed by atoms with Gasteiger partial charge in [0.05, 0.1) is 12.5 Å². The Labute approximate surface area is 106 Å². The summed E-state index contributed by atoms with van der Waals surface area (Å²) >= 11 is 5.32. The Balaban J connectivity index is 3.91. The maximum Gasteiger partial charge on any atom is 0.249 e. The summed E-state index contributed by atoms with van der Waals surface area (Å²) in [6, 6.07) is 0. The van der Waals surface area contributed by atoms with E-state index in [4.69, 9.17) is 16.7 Å². The Kier molecular flexibility index (Phi) is 7.34. The first kappa shape index (κ1) is 16.4. The molecule has 0 rings (SSSR count). The van der Waals surface area contributed by atoms with E-state index in [1.807, 2.05) is 0 Å². The fraction of sp³-hybridized carbons (Fsp3) is 0.818. The molecular formula is C11H20ClNO4. The van der Waals surface area contributed by atoms with Crippen molar-refractivity contribution < 1.29 is 19.8 Å². The van der Waals surface area contributed by atoms with Crippen molar-refractivity contribution in [2.75, 3.05) is 19.0 Å². The molecule has 5 nitrogen and oxygen atoms in total. The van der Waals surface area contributed by atoms with Crippen LogP contribution in [0.15, 0.2) is 0 Å². The van der Waals surface area contributed by atoms with Crippen LogP contribution in [0.25, 0.3) is 0 Å². The average molecular weight is 266 g/mol. The second-order valence-electron chi connectivity index (χ2n) is 4.62. The summed E-state index contributed by atoms with van der Waals surface area (Å²) in [5.41, 5.74) is -0.879. The van der Waals surface area contributed by atoms with Crippen molar-refractivity contribution >= 4 is 23.3 Å². The van der Waals surface area contributed by atoms with Crippen molar-refractivity contribution in [2.45, 2.75) is 32.8 Å². The zero-order valence-corrected chi connectivity index (χ0v) is 11.0. The number of ketones is 1. The number of halogens is 1. The molecule has 0 radical (unpaired) electrons. The predicted octanol–water partition coefficient (Wildman–Crippen LogP) is 0.0701. The molecule has 1 amide bonds. The van der Waals surface area contributed by atoms with Crippen LogP contribution in [0.3, 0.4) is 0 Å². The van der Waals surface area contributed by atoms with Gasteiger partial charge >= 0.3 is 0 Å². The molecule has 100 valence electrons. The molecule has 3 N–H and O–H groups in total. The van der Waals surface area contributed by atoms with E-state index < -0.39 is 17.4 Å². The molecule has 1 atom stereocenters. The summed E-state index contributed by atoms with van der Waals surface area (Å²) in [6.45, 7) is 3.20. The van der Waals surface area contributed by atoms with Gasteiger partial charge in [-0.15, -0.1) is 11.6 Å². The Morgan fingerprint density at radius 2 is 2.00 bits per heavy atom. The van der Waals surface area contributed by atoms with Crippen molar-refractivity contribution in [3.63, 3.8) is 0 Å². The number of carbonyl (C=O) groups is 2. The molecule has 0 aromatic carbocycles. The molecular weight excluding hydrogens is 246 g/mol. The minimum atomic E-state index is -1.27. The van der Waals surface area contributed by atoms with Gasteiger partial charge in [-0.05, 0) is 6.42 Å². The van der Waals surface area contributed by atoms with Gasteiger partial charge < -0.3 is 15.5 Å². The smallest absolute Gasteiger partial charge is 0.249 e. The third-order valence-corrected chi connectivity index (χ3v) is 2.77. The van der Waals surface area contributed by atoms with Crippen LogP contribution in [0.2, 0.25) is 0 Å². The van der Waals surface area contributed by atoms with Gasteiger partial charge in [0.25, 0.3) is 0 Å². The third kappa shape index (κ3) is 6.00. The number of aliphatic hydroxyl groups is 2. The lowest BCUT2D eigenvalue weighted by atomic mass is 9.87. The molecule has 0 saturated heterocycles. The van der Waals surface area contributed by atoms with Crippen molar-refractivity contribution in [2.24, 2.45) is 5.41 Å². The highest BCUT2D eigenvalue weighted by Crippen LogP contribution is 2.19. The first-order valence-corrected chi connectivity index (χ1v) is 6.03. The highest BCUT2D eigenvalue weighted by atomic mass is 35.5. The average Bonchev–Trinajstić information content (AvgIpc) is 2.32. The summed E-state index contributed by atoms with van der Waals surface area (Å²) in [4.78, 5) is 22.3. The van der Waals surface area contributed by atoms with Crippen LogP contribution in [0.1, 0.15) is 26.7 Å². The van der Waals surface area contributed by atoms with Gasteiger partial charge in [0, 0.05) is 18.4 Å². The molecule has 0 heterocycles. The number of amides is 1. The molecule has 0 fully saturated rings. The van der Waals surface area contributed by atoms with Gasteiger partial charge in [-0.25, -0.2) is 0 Å². The van der Waals surface area contributed by atoms with Crippen molar-refractivity contribution in [3.05, 3.63) is 0 Å². The third-order valence-electron chi connectivity index (χ3n) is 2.48. The summed E-state index contributed by atoms with van der Waals surface area (Å²) in [7, 11) is 0. The molecule has 0 aromatic heterocycles. The molecule has 0 aliphatic rings. The van der Waals surface area contributed by atoms with Gasteiger partial charge in [0.1, 0.15) is 11.9 Å². The van der Waals surface area contributed by atoms with Gasteiger partial charge in [0.15, 0.2) is 0 Å². The molecule has 0 aliphatic heterocycles. The van der Waals surface area contributed by atoms with Gasteiger partial charge in [-0.1, -0.05) is 13.8 Å². The largest absolute Gasteiger partial charge is 0.396 e. The number of Topliss-reactive ketones (excluding diaryl/α,β-unsaturated/α-hetero) is 1. The van der Waals surface area contributed by atoms with E-state index in [1.165, 1.54) is 0 Å². The van der Waals surface area contributed by atoms with Crippen molar-refractivity contribution in [1.82, 2.24) is 5.32 Å². The maximum absolute atomic E-state index is 11.5. The Bertz CT molecular complexity index is 268. The molecule has 0 aromatic rings. The van der Waals surface area contributed by atoms with Crippen molar-refractivity contribution in [1.29, 1.82) is 0 Å². The van der Waals surface area contributed by atoms with Gasteiger partial charge in [0.2, 0.25) is 5.91 Å². The van der Waals surface area contributed by atoms with Crippen LogP contribution in [0.5, 0.6) is 0 Å². The van der Waals surface area contributed by atoms with Gasteiger partial charge in [-0.2, -0.15) is 0 Å². The molecule has 0 aliphatic carbocycles. The molecule has 0 saturated carbocycles. The second-order valence-corrected chi connectivity index (χ2v) is 4.88. The van der Waals surface area contributed by atoms with E-state index in [2.05, 4.69) is 5.32 Å².